The Labute approximate surface area is 83.6 Å². The highest BCUT2D eigenvalue weighted by molar-refractivity contribution is 6.01. The minimum absolute atomic E-state index is 0.895. The molecule has 0 aromatic heterocycles. The van der Waals surface area contributed by atoms with E-state index in [2.05, 4.69) is 34.3 Å². The average molecular weight is 187 g/mol. The van der Waals surface area contributed by atoms with Crippen LogP contribution in [0.1, 0.15) is 12.0 Å². The second-order valence-corrected chi connectivity index (χ2v) is 3.87. The Morgan fingerprint density at radius 2 is 2.07 bits per heavy atom. The number of rotatable bonds is 0. The maximum absolute atomic E-state index is 4.49. The van der Waals surface area contributed by atoms with E-state index >= 15 is 0 Å². The molecule has 2 aliphatic heterocycles. The molecule has 3 heteroatoms. The Hall–Kier alpha value is -1.51. The van der Waals surface area contributed by atoms with E-state index < -0.39 is 0 Å². The standard InChI is InChI=1S/C11H13N3/c1-13-8-14-10-5-3-2-4-9(10)6-7-11(14)12-13/h2-5H,6-8H2,1H3. The van der Waals surface area contributed by atoms with Crippen LogP contribution < -0.4 is 4.90 Å². The van der Waals surface area contributed by atoms with E-state index in [4.69, 9.17) is 0 Å². The number of amidine groups is 1. The van der Waals surface area contributed by atoms with Crippen molar-refractivity contribution >= 4 is 11.5 Å². The number of para-hydroxylation sites is 1. The van der Waals surface area contributed by atoms with E-state index in [0.717, 1.165) is 19.5 Å². The number of hydrogen-bond acceptors (Lipinski definition) is 3. The van der Waals surface area contributed by atoms with Gasteiger partial charge < -0.3 is 4.90 Å². The van der Waals surface area contributed by atoms with Crippen LogP contribution in [0.3, 0.4) is 0 Å². The zero-order valence-corrected chi connectivity index (χ0v) is 8.27. The van der Waals surface area contributed by atoms with Gasteiger partial charge in [0.15, 0.2) is 0 Å². The van der Waals surface area contributed by atoms with Crippen molar-refractivity contribution in [1.29, 1.82) is 0 Å². The van der Waals surface area contributed by atoms with Crippen LogP contribution in [0.2, 0.25) is 0 Å². The van der Waals surface area contributed by atoms with Gasteiger partial charge in [-0.3, -0.25) is 5.01 Å². The fourth-order valence-electron chi connectivity index (χ4n) is 2.20. The van der Waals surface area contributed by atoms with Gasteiger partial charge in [0.2, 0.25) is 0 Å². The van der Waals surface area contributed by atoms with Gasteiger partial charge in [-0.15, -0.1) is 0 Å². The molecule has 14 heavy (non-hydrogen) atoms. The Balaban J connectivity index is 2.08. The molecule has 1 aromatic carbocycles. The summed E-state index contributed by atoms with van der Waals surface area (Å²) in [5.74, 6) is 1.21. The molecule has 0 radical (unpaired) electrons. The van der Waals surface area contributed by atoms with Gasteiger partial charge in [-0.25, -0.2) is 0 Å². The van der Waals surface area contributed by atoms with E-state index in [-0.39, 0.29) is 0 Å². The second kappa shape index (κ2) is 2.74. The number of anilines is 1. The first-order chi connectivity index (χ1) is 6.84. The predicted molar refractivity (Wildman–Crippen MR) is 57.3 cm³/mol. The van der Waals surface area contributed by atoms with Crippen molar-refractivity contribution < 1.29 is 0 Å². The number of hydrazone groups is 1. The SMILES string of the molecule is CN1CN2C(=N1)CCc1ccccc12. The molecule has 3 nitrogen and oxygen atoms in total. The van der Waals surface area contributed by atoms with Gasteiger partial charge in [-0.2, -0.15) is 5.10 Å². The molecule has 72 valence electrons. The molecule has 3 rings (SSSR count). The molecule has 0 unspecified atom stereocenters. The summed E-state index contributed by atoms with van der Waals surface area (Å²) in [5.41, 5.74) is 2.78. The average Bonchev–Trinajstić information content (AvgIpc) is 2.59. The van der Waals surface area contributed by atoms with Crippen molar-refractivity contribution in [3.8, 4) is 0 Å². The summed E-state index contributed by atoms with van der Waals surface area (Å²) in [4.78, 5) is 2.30. The lowest BCUT2D eigenvalue weighted by Crippen LogP contribution is -2.33. The van der Waals surface area contributed by atoms with Gasteiger partial charge in [-0.05, 0) is 18.1 Å². The lowest BCUT2D eigenvalue weighted by molar-refractivity contribution is 0.393. The van der Waals surface area contributed by atoms with Gasteiger partial charge in [0.05, 0.1) is 0 Å². The van der Waals surface area contributed by atoms with Crippen LogP contribution in [-0.4, -0.2) is 24.6 Å². The molecule has 2 aliphatic rings. The zero-order valence-electron chi connectivity index (χ0n) is 8.27. The minimum Gasteiger partial charge on any atom is -0.308 e. The second-order valence-electron chi connectivity index (χ2n) is 3.87. The molecular weight excluding hydrogens is 174 g/mol. The van der Waals surface area contributed by atoms with Crippen molar-refractivity contribution in [3.05, 3.63) is 29.8 Å². The Morgan fingerprint density at radius 1 is 1.21 bits per heavy atom. The van der Waals surface area contributed by atoms with E-state index in [0.29, 0.717) is 0 Å². The molecule has 0 N–H and O–H groups in total. The Kier molecular flexibility index (Phi) is 1.54. The topological polar surface area (TPSA) is 18.8 Å². The quantitative estimate of drug-likeness (QED) is 0.615. The van der Waals surface area contributed by atoms with Crippen molar-refractivity contribution in [2.24, 2.45) is 5.10 Å². The van der Waals surface area contributed by atoms with Gasteiger partial charge in [0.1, 0.15) is 12.5 Å². The molecule has 1 aromatic rings. The predicted octanol–water partition coefficient (Wildman–Crippen LogP) is 1.66. The van der Waals surface area contributed by atoms with E-state index in [1.165, 1.54) is 17.1 Å². The molecule has 0 saturated carbocycles. The first kappa shape index (κ1) is 7.85. The fourth-order valence-corrected chi connectivity index (χ4v) is 2.20. The van der Waals surface area contributed by atoms with Crippen LogP contribution in [0.15, 0.2) is 29.4 Å². The zero-order chi connectivity index (χ0) is 9.54. The van der Waals surface area contributed by atoms with Crippen LogP contribution in [0.5, 0.6) is 0 Å². The maximum Gasteiger partial charge on any atom is 0.131 e. The molecular formula is C11H13N3. The van der Waals surface area contributed by atoms with Crippen LogP contribution in [0.25, 0.3) is 0 Å². The van der Waals surface area contributed by atoms with Gasteiger partial charge in [0.25, 0.3) is 0 Å². The van der Waals surface area contributed by atoms with Gasteiger partial charge >= 0.3 is 0 Å². The van der Waals surface area contributed by atoms with Gasteiger partial charge in [0, 0.05) is 19.2 Å². The highest BCUT2D eigenvalue weighted by atomic mass is 15.6. The lowest BCUT2D eigenvalue weighted by Gasteiger charge is -2.27. The number of fused-ring (bicyclic) bond motifs is 3. The number of aryl methyl sites for hydroxylation is 1. The molecule has 2 heterocycles. The van der Waals surface area contributed by atoms with Crippen LogP contribution in [0.4, 0.5) is 5.69 Å². The monoisotopic (exact) mass is 187 g/mol. The normalized spacial score (nSPS) is 19.1. The maximum atomic E-state index is 4.49. The highest BCUT2D eigenvalue weighted by Gasteiger charge is 2.27. The van der Waals surface area contributed by atoms with Crippen LogP contribution >= 0.6 is 0 Å². The van der Waals surface area contributed by atoms with E-state index in [1.807, 2.05) is 12.1 Å². The van der Waals surface area contributed by atoms with Gasteiger partial charge in [-0.1, -0.05) is 18.2 Å². The first-order valence-corrected chi connectivity index (χ1v) is 4.98. The van der Waals surface area contributed by atoms with Crippen molar-refractivity contribution in [3.63, 3.8) is 0 Å². The molecule has 0 atom stereocenters. The summed E-state index contributed by atoms with van der Waals surface area (Å²) in [6, 6.07) is 8.61. The Morgan fingerprint density at radius 3 is 3.00 bits per heavy atom. The minimum atomic E-state index is 0.895. The molecule has 0 fully saturated rings. The number of nitrogens with zero attached hydrogens (tertiary/aromatic N) is 3. The summed E-state index contributed by atoms with van der Waals surface area (Å²) >= 11 is 0. The van der Waals surface area contributed by atoms with E-state index in [1.54, 1.807) is 0 Å². The molecule has 0 aliphatic carbocycles. The van der Waals surface area contributed by atoms with Crippen LogP contribution in [0, 0.1) is 0 Å². The summed E-state index contributed by atoms with van der Waals surface area (Å²) in [5, 5.41) is 6.48. The summed E-state index contributed by atoms with van der Waals surface area (Å²) in [6.07, 6.45) is 2.20. The molecule has 0 saturated heterocycles. The van der Waals surface area contributed by atoms with E-state index in [9.17, 15) is 0 Å². The fraction of sp³-hybridized carbons (Fsp3) is 0.364. The Bertz CT molecular complexity index is 397. The summed E-state index contributed by atoms with van der Waals surface area (Å²) < 4.78 is 0. The summed E-state index contributed by atoms with van der Waals surface area (Å²) in [6.45, 7) is 0.895. The third-order valence-electron chi connectivity index (χ3n) is 2.84. The lowest BCUT2D eigenvalue weighted by atomic mass is 10.0. The van der Waals surface area contributed by atoms with Crippen molar-refractivity contribution in [2.75, 3.05) is 18.6 Å². The summed E-state index contributed by atoms with van der Waals surface area (Å²) in [7, 11) is 2.02. The molecule has 0 spiro atoms. The molecule has 0 amide bonds. The van der Waals surface area contributed by atoms with Crippen molar-refractivity contribution in [1.82, 2.24) is 5.01 Å². The van der Waals surface area contributed by atoms with Crippen LogP contribution in [-0.2, 0) is 6.42 Å². The number of hydrogen-bond donors (Lipinski definition) is 0. The highest BCUT2D eigenvalue weighted by Crippen LogP contribution is 2.30. The smallest absolute Gasteiger partial charge is 0.131 e. The van der Waals surface area contributed by atoms with Crippen molar-refractivity contribution in [2.45, 2.75) is 12.8 Å². The number of benzene rings is 1. The third kappa shape index (κ3) is 1.02. The molecule has 0 bridgehead atoms. The largest absolute Gasteiger partial charge is 0.308 e. The third-order valence-corrected chi connectivity index (χ3v) is 2.84. The first-order valence-electron chi connectivity index (χ1n) is 4.98.